The van der Waals surface area contributed by atoms with E-state index in [0.717, 1.165) is 22.2 Å². The molecule has 1 aromatic rings. The Kier molecular flexibility index (Phi) is 5.86. The topological polar surface area (TPSA) is 43.4 Å². The predicted molar refractivity (Wildman–Crippen MR) is 83.0 cm³/mol. The molecule has 0 bridgehead atoms. The molecule has 0 spiro atoms. The van der Waals surface area contributed by atoms with E-state index in [2.05, 4.69) is 15.9 Å². The molecule has 0 unspecified atom stereocenters. The minimum atomic E-state index is -3.04. The Morgan fingerprint density at radius 2 is 1.74 bits per heavy atom. The molecule has 0 saturated carbocycles. The van der Waals surface area contributed by atoms with Gasteiger partial charge in [0.1, 0.15) is 12.4 Å². The van der Waals surface area contributed by atoms with Gasteiger partial charge in [-0.2, -0.15) is 0 Å². The van der Waals surface area contributed by atoms with Gasteiger partial charge in [0, 0.05) is 5.33 Å². The van der Waals surface area contributed by atoms with Crippen LogP contribution in [0.3, 0.4) is 0 Å². The number of benzene rings is 1. The van der Waals surface area contributed by atoms with E-state index < -0.39 is 9.84 Å². The minimum Gasteiger partial charge on any atom is -0.492 e. The van der Waals surface area contributed by atoms with Crippen molar-refractivity contribution in [2.75, 3.05) is 12.4 Å². The Bertz CT molecular complexity index is 513. The van der Waals surface area contributed by atoms with Crippen LogP contribution >= 0.6 is 15.9 Å². The molecule has 1 aromatic carbocycles. The van der Waals surface area contributed by atoms with Gasteiger partial charge in [0.05, 0.1) is 11.0 Å². The van der Waals surface area contributed by atoms with E-state index in [1.165, 1.54) is 5.56 Å². The molecule has 0 aliphatic heterocycles. The highest BCUT2D eigenvalue weighted by atomic mass is 79.9. The van der Waals surface area contributed by atoms with Crippen LogP contribution in [0.25, 0.3) is 0 Å². The zero-order valence-corrected chi connectivity index (χ0v) is 14.3. The third kappa shape index (κ3) is 4.49. The highest BCUT2D eigenvalue weighted by Crippen LogP contribution is 2.25. The molecule has 0 amide bonds. The largest absolute Gasteiger partial charge is 0.492 e. The second kappa shape index (κ2) is 6.75. The monoisotopic (exact) mass is 348 g/mol. The van der Waals surface area contributed by atoms with Crippen LogP contribution in [0.15, 0.2) is 12.1 Å². The van der Waals surface area contributed by atoms with Crippen molar-refractivity contribution in [3.63, 3.8) is 0 Å². The fourth-order valence-electron chi connectivity index (χ4n) is 1.84. The van der Waals surface area contributed by atoms with Gasteiger partial charge < -0.3 is 4.74 Å². The van der Waals surface area contributed by atoms with Crippen molar-refractivity contribution in [2.45, 2.75) is 38.3 Å². The van der Waals surface area contributed by atoms with Gasteiger partial charge in [0.2, 0.25) is 0 Å². The summed E-state index contributed by atoms with van der Waals surface area (Å²) >= 11 is 3.42. The normalized spacial score (nSPS) is 11.9. The van der Waals surface area contributed by atoms with Gasteiger partial charge in [-0.15, -0.1) is 0 Å². The molecule has 0 aliphatic rings. The molecular formula is C14H21BrO3S. The van der Waals surface area contributed by atoms with Gasteiger partial charge in [-0.25, -0.2) is 8.42 Å². The number of hydrogen-bond acceptors (Lipinski definition) is 3. The van der Waals surface area contributed by atoms with Crippen LogP contribution in [0.1, 0.15) is 30.5 Å². The van der Waals surface area contributed by atoms with Crippen molar-refractivity contribution in [2.24, 2.45) is 0 Å². The molecule has 0 aromatic heterocycles. The number of rotatable bonds is 6. The molecular weight excluding hydrogens is 328 g/mol. The lowest BCUT2D eigenvalue weighted by molar-refractivity contribution is 0.336. The van der Waals surface area contributed by atoms with Crippen LogP contribution < -0.4 is 4.74 Å². The van der Waals surface area contributed by atoms with Gasteiger partial charge in [-0.05, 0) is 44.4 Å². The summed E-state index contributed by atoms with van der Waals surface area (Å²) in [5.74, 6) is 0.854. The van der Waals surface area contributed by atoms with Gasteiger partial charge in [0.25, 0.3) is 0 Å². The van der Waals surface area contributed by atoms with Crippen LogP contribution in [-0.2, 0) is 15.2 Å². The van der Waals surface area contributed by atoms with Crippen molar-refractivity contribution < 1.29 is 13.2 Å². The minimum absolute atomic E-state index is 0.0593. The van der Waals surface area contributed by atoms with E-state index in [4.69, 9.17) is 4.74 Å². The Morgan fingerprint density at radius 3 is 2.16 bits per heavy atom. The second-order valence-electron chi connectivity index (χ2n) is 4.96. The lowest BCUT2D eigenvalue weighted by Gasteiger charge is -2.14. The lowest BCUT2D eigenvalue weighted by Crippen LogP contribution is -2.22. The first-order valence-electron chi connectivity index (χ1n) is 6.28. The number of hydrogen-bond donors (Lipinski definition) is 0. The molecule has 0 heterocycles. The van der Waals surface area contributed by atoms with Crippen molar-refractivity contribution in [3.05, 3.63) is 28.8 Å². The third-order valence-corrected chi connectivity index (χ3v) is 5.83. The average Bonchev–Trinajstić information content (AvgIpc) is 2.32. The van der Waals surface area contributed by atoms with E-state index in [0.29, 0.717) is 0 Å². The summed E-state index contributed by atoms with van der Waals surface area (Å²) in [4.78, 5) is 0. The van der Waals surface area contributed by atoms with Crippen molar-refractivity contribution in [1.29, 1.82) is 0 Å². The Labute approximate surface area is 124 Å². The zero-order valence-electron chi connectivity index (χ0n) is 11.9. The summed E-state index contributed by atoms with van der Waals surface area (Å²) in [5, 5.41) is 0.450. The number of aryl methyl sites for hydroxylation is 2. The van der Waals surface area contributed by atoms with E-state index >= 15 is 0 Å². The summed E-state index contributed by atoms with van der Waals surface area (Å²) in [6.45, 7) is 7.54. The zero-order chi connectivity index (χ0) is 14.6. The smallest absolute Gasteiger partial charge is 0.155 e. The SMILES string of the molecule is Cc1cc(CBr)cc(C)c1OCCS(=O)(=O)C(C)C. The van der Waals surface area contributed by atoms with Crippen molar-refractivity contribution >= 4 is 25.8 Å². The Morgan fingerprint density at radius 1 is 1.21 bits per heavy atom. The molecule has 0 saturated heterocycles. The van der Waals surface area contributed by atoms with Crippen molar-refractivity contribution in [1.82, 2.24) is 0 Å². The van der Waals surface area contributed by atoms with Gasteiger partial charge in [0.15, 0.2) is 9.84 Å². The Hall–Kier alpha value is -0.550. The molecule has 0 radical (unpaired) electrons. The lowest BCUT2D eigenvalue weighted by atomic mass is 10.1. The second-order valence-corrected chi connectivity index (χ2v) is 8.19. The highest BCUT2D eigenvalue weighted by molar-refractivity contribution is 9.08. The molecule has 0 N–H and O–H groups in total. The third-order valence-electron chi connectivity index (χ3n) is 3.01. The first-order valence-corrected chi connectivity index (χ1v) is 9.12. The van der Waals surface area contributed by atoms with E-state index in [1.54, 1.807) is 13.8 Å². The Balaban J connectivity index is 2.74. The standard InChI is InChI=1S/C14H21BrO3S/c1-10(2)19(16,17)6-5-18-14-11(3)7-13(9-15)8-12(14)4/h7-8,10H,5-6,9H2,1-4H3. The van der Waals surface area contributed by atoms with E-state index in [1.807, 2.05) is 26.0 Å². The van der Waals surface area contributed by atoms with Crippen LogP contribution in [0.2, 0.25) is 0 Å². The van der Waals surface area contributed by atoms with Crippen LogP contribution in [0.4, 0.5) is 0 Å². The van der Waals surface area contributed by atoms with Gasteiger partial charge >= 0.3 is 0 Å². The maximum atomic E-state index is 11.7. The summed E-state index contributed by atoms with van der Waals surface area (Å²) in [7, 11) is -3.04. The maximum absolute atomic E-state index is 11.7. The van der Waals surface area contributed by atoms with E-state index in [-0.39, 0.29) is 17.6 Å². The van der Waals surface area contributed by atoms with E-state index in [9.17, 15) is 8.42 Å². The molecule has 0 aliphatic carbocycles. The average molecular weight is 349 g/mol. The molecule has 0 atom stereocenters. The number of halogens is 1. The first kappa shape index (κ1) is 16.5. The molecule has 5 heteroatoms. The summed E-state index contributed by atoms with van der Waals surface area (Å²) in [6.07, 6.45) is 0. The maximum Gasteiger partial charge on any atom is 0.155 e. The summed E-state index contributed by atoms with van der Waals surface area (Å²) < 4.78 is 29.1. The number of alkyl halides is 1. The first-order chi connectivity index (χ1) is 8.77. The molecule has 19 heavy (non-hydrogen) atoms. The van der Waals surface area contributed by atoms with Crippen LogP contribution in [0.5, 0.6) is 5.75 Å². The number of ether oxygens (including phenoxy) is 1. The van der Waals surface area contributed by atoms with Crippen molar-refractivity contribution in [3.8, 4) is 5.75 Å². The summed E-state index contributed by atoms with van der Waals surface area (Å²) in [6, 6.07) is 4.10. The molecule has 3 nitrogen and oxygen atoms in total. The van der Waals surface area contributed by atoms with Crippen LogP contribution in [0, 0.1) is 13.8 Å². The molecule has 108 valence electrons. The highest BCUT2D eigenvalue weighted by Gasteiger charge is 2.16. The van der Waals surface area contributed by atoms with Gasteiger partial charge in [-0.3, -0.25) is 0 Å². The quantitative estimate of drug-likeness (QED) is 0.740. The van der Waals surface area contributed by atoms with Gasteiger partial charge in [-0.1, -0.05) is 28.1 Å². The predicted octanol–water partition coefficient (Wildman–Crippen LogP) is 3.40. The fraction of sp³-hybridized carbons (Fsp3) is 0.571. The van der Waals surface area contributed by atoms with Crippen LogP contribution in [-0.4, -0.2) is 26.0 Å². The molecule has 0 fully saturated rings. The number of sulfone groups is 1. The molecule has 1 rings (SSSR count). The fourth-order valence-corrected chi connectivity index (χ4v) is 2.95. The summed E-state index contributed by atoms with van der Waals surface area (Å²) in [5.41, 5.74) is 3.27.